The Morgan fingerprint density at radius 3 is 2.50 bits per heavy atom. The number of rotatable bonds is 5. The molecule has 0 saturated carbocycles. The number of fused-ring (bicyclic) bond motifs is 1. The van der Waals surface area contributed by atoms with Crippen molar-refractivity contribution in [2.24, 2.45) is 0 Å². The van der Waals surface area contributed by atoms with Crippen LogP contribution in [0, 0.1) is 0 Å². The molecule has 0 saturated heterocycles. The van der Waals surface area contributed by atoms with E-state index in [1.807, 2.05) is 74.5 Å². The first-order valence-corrected chi connectivity index (χ1v) is 9.67. The highest BCUT2D eigenvalue weighted by atomic mass is 31.2. The fraction of sp³-hybridized carbons (Fsp3) is 0.200. The Bertz CT molecular complexity index is 822. The Morgan fingerprint density at radius 1 is 1.08 bits per heavy atom. The smallest absolute Gasteiger partial charge is 0.411 e. The molecule has 0 aromatic heterocycles. The van der Waals surface area contributed by atoms with Crippen LogP contribution in [0.4, 0.5) is 0 Å². The predicted octanol–water partition coefficient (Wildman–Crippen LogP) is 5.41. The highest BCUT2D eigenvalue weighted by Crippen LogP contribution is 2.56. The van der Waals surface area contributed by atoms with Gasteiger partial charge >= 0.3 is 7.60 Å². The summed E-state index contributed by atoms with van der Waals surface area (Å²) >= 11 is 0. The molecule has 124 valence electrons. The summed E-state index contributed by atoms with van der Waals surface area (Å²) in [4.78, 5) is 0. The Balaban J connectivity index is 2.24. The monoisotopic (exact) mass is 340 g/mol. The van der Waals surface area contributed by atoms with Crippen molar-refractivity contribution in [3.63, 3.8) is 0 Å². The minimum absolute atomic E-state index is 0.331. The van der Waals surface area contributed by atoms with Crippen LogP contribution in [0.5, 0.6) is 0 Å². The maximum atomic E-state index is 13.4. The predicted molar refractivity (Wildman–Crippen MR) is 99.1 cm³/mol. The number of hydrogen-bond acceptors (Lipinski definition) is 3. The molecule has 1 unspecified atom stereocenters. The number of benzene rings is 2. The van der Waals surface area contributed by atoms with Crippen LogP contribution in [-0.2, 0) is 13.6 Å². The normalized spacial score (nSPS) is 20.1. The molecule has 1 heterocycles. The highest BCUT2D eigenvalue weighted by Gasteiger charge is 2.38. The van der Waals surface area contributed by atoms with Crippen LogP contribution < -0.4 is 5.30 Å². The second-order valence-corrected chi connectivity index (χ2v) is 7.39. The molecule has 1 aliphatic heterocycles. The van der Waals surface area contributed by atoms with Gasteiger partial charge < -0.3 is 4.52 Å². The summed E-state index contributed by atoms with van der Waals surface area (Å²) in [5.41, 5.74) is 2.88. The molecule has 3 nitrogen and oxygen atoms in total. The molecule has 0 aliphatic carbocycles. The van der Waals surface area contributed by atoms with E-state index >= 15 is 0 Å². The summed E-state index contributed by atoms with van der Waals surface area (Å²) < 4.78 is 25.0. The van der Waals surface area contributed by atoms with Gasteiger partial charge in [0, 0.05) is 11.1 Å². The average Bonchev–Trinajstić information content (AvgIpc) is 2.62. The Labute approximate surface area is 143 Å². The minimum Gasteiger partial charge on any atom is -0.420 e. The van der Waals surface area contributed by atoms with Gasteiger partial charge in [-0.3, -0.25) is 4.52 Å². The third-order valence-electron chi connectivity index (χ3n) is 3.90. The fourth-order valence-electron chi connectivity index (χ4n) is 2.84. The van der Waals surface area contributed by atoms with Gasteiger partial charge in [0.2, 0.25) is 0 Å². The lowest BCUT2D eigenvalue weighted by Crippen LogP contribution is -2.20. The van der Waals surface area contributed by atoms with Gasteiger partial charge in [-0.25, -0.2) is 4.57 Å². The van der Waals surface area contributed by atoms with Crippen molar-refractivity contribution in [3.05, 3.63) is 77.9 Å². The van der Waals surface area contributed by atoms with Gasteiger partial charge in [-0.2, -0.15) is 0 Å². The van der Waals surface area contributed by atoms with Crippen molar-refractivity contribution >= 4 is 24.2 Å². The zero-order valence-corrected chi connectivity index (χ0v) is 14.8. The zero-order valence-electron chi connectivity index (χ0n) is 13.9. The second kappa shape index (κ2) is 7.21. The lowest BCUT2D eigenvalue weighted by Gasteiger charge is -2.29. The van der Waals surface area contributed by atoms with Gasteiger partial charge in [0.05, 0.1) is 11.9 Å². The largest absolute Gasteiger partial charge is 0.420 e. The lowest BCUT2D eigenvalue weighted by molar-refractivity contribution is 0.279. The first-order valence-electron chi connectivity index (χ1n) is 8.13. The molecule has 0 bridgehead atoms. The molecule has 1 aliphatic rings. The van der Waals surface area contributed by atoms with E-state index in [9.17, 15) is 4.57 Å². The third kappa shape index (κ3) is 3.10. The molecule has 3 rings (SSSR count). The van der Waals surface area contributed by atoms with E-state index in [0.29, 0.717) is 24.1 Å². The molecule has 0 fully saturated rings. The van der Waals surface area contributed by atoms with Gasteiger partial charge in [-0.05, 0) is 31.9 Å². The molecule has 0 amide bonds. The van der Waals surface area contributed by atoms with Crippen LogP contribution in [0.2, 0.25) is 0 Å². The fourth-order valence-corrected chi connectivity index (χ4v) is 4.69. The first-order chi connectivity index (χ1) is 11.7. The molecule has 24 heavy (non-hydrogen) atoms. The summed E-state index contributed by atoms with van der Waals surface area (Å²) in [6.07, 6.45) is 4.80. The lowest BCUT2D eigenvalue weighted by atomic mass is 9.97. The molecule has 2 aromatic rings. The number of hydrogen-bond donors (Lipinski definition) is 0. The van der Waals surface area contributed by atoms with Crippen molar-refractivity contribution < 1.29 is 13.6 Å². The second-order valence-electron chi connectivity index (χ2n) is 5.47. The van der Waals surface area contributed by atoms with Crippen LogP contribution in [0.1, 0.15) is 31.4 Å². The van der Waals surface area contributed by atoms with Crippen LogP contribution >= 0.6 is 7.60 Å². The quantitative estimate of drug-likeness (QED) is 0.539. The van der Waals surface area contributed by atoms with E-state index in [2.05, 4.69) is 6.08 Å². The van der Waals surface area contributed by atoms with E-state index in [4.69, 9.17) is 9.05 Å². The SMILES string of the molecule is CC=CCC1=C(c2ccccc2)OP(=O)(OCC)c2ccccc21. The molecule has 0 radical (unpaired) electrons. The van der Waals surface area contributed by atoms with Crippen LogP contribution in [0.25, 0.3) is 11.3 Å². The molecule has 0 spiro atoms. The van der Waals surface area contributed by atoms with Crippen molar-refractivity contribution in [1.82, 2.24) is 0 Å². The maximum absolute atomic E-state index is 13.4. The van der Waals surface area contributed by atoms with Crippen LogP contribution in [-0.4, -0.2) is 6.61 Å². The molecular weight excluding hydrogens is 319 g/mol. The molecule has 1 atom stereocenters. The minimum atomic E-state index is -3.38. The molecule has 2 aromatic carbocycles. The Morgan fingerprint density at radius 2 is 1.79 bits per heavy atom. The van der Waals surface area contributed by atoms with E-state index in [0.717, 1.165) is 16.7 Å². The first kappa shape index (κ1) is 16.8. The summed E-state index contributed by atoms with van der Waals surface area (Å²) in [5.74, 6) is 0.643. The summed E-state index contributed by atoms with van der Waals surface area (Å²) in [5, 5.41) is 0.644. The third-order valence-corrected chi connectivity index (χ3v) is 5.90. The molecule has 0 N–H and O–H groups in total. The highest BCUT2D eigenvalue weighted by molar-refractivity contribution is 7.62. The summed E-state index contributed by atoms with van der Waals surface area (Å²) in [7, 11) is -3.38. The number of allylic oxidation sites excluding steroid dienone is 3. The van der Waals surface area contributed by atoms with Gasteiger partial charge in [-0.1, -0.05) is 60.7 Å². The maximum Gasteiger partial charge on any atom is 0.411 e. The van der Waals surface area contributed by atoms with Crippen molar-refractivity contribution in [2.75, 3.05) is 6.61 Å². The Kier molecular flexibility index (Phi) is 5.03. The van der Waals surface area contributed by atoms with Crippen molar-refractivity contribution in [3.8, 4) is 0 Å². The Hall–Kier alpha value is -2.09. The molecule has 4 heteroatoms. The van der Waals surface area contributed by atoms with Gasteiger partial charge in [-0.15, -0.1) is 0 Å². The standard InChI is InChI=1S/C20H21O3P/c1-3-5-13-18-17-14-9-10-15-19(17)24(21,22-4-2)23-20(18)16-11-7-6-8-12-16/h3,5-12,14-15H,4,13H2,1-2H3. The van der Waals surface area contributed by atoms with Crippen molar-refractivity contribution in [1.29, 1.82) is 0 Å². The topological polar surface area (TPSA) is 35.5 Å². The zero-order chi connectivity index (χ0) is 17.0. The van der Waals surface area contributed by atoms with E-state index in [-0.39, 0.29) is 0 Å². The van der Waals surface area contributed by atoms with E-state index < -0.39 is 7.60 Å². The summed E-state index contributed by atoms with van der Waals surface area (Å²) in [6, 6.07) is 17.4. The average molecular weight is 340 g/mol. The van der Waals surface area contributed by atoms with Gasteiger partial charge in [0.25, 0.3) is 0 Å². The molecular formula is C20H21O3P. The van der Waals surface area contributed by atoms with E-state index in [1.165, 1.54) is 0 Å². The van der Waals surface area contributed by atoms with E-state index in [1.54, 1.807) is 0 Å². The van der Waals surface area contributed by atoms with Gasteiger partial charge in [0.15, 0.2) is 0 Å². The van der Waals surface area contributed by atoms with Gasteiger partial charge in [0.1, 0.15) is 5.76 Å². The summed E-state index contributed by atoms with van der Waals surface area (Å²) in [6.45, 7) is 4.15. The van der Waals surface area contributed by atoms with Crippen LogP contribution in [0.15, 0.2) is 66.7 Å². The van der Waals surface area contributed by atoms with Crippen molar-refractivity contribution in [2.45, 2.75) is 20.3 Å². The van der Waals surface area contributed by atoms with Crippen LogP contribution in [0.3, 0.4) is 0 Å².